The molecule has 0 radical (unpaired) electrons. The van der Waals surface area contributed by atoms with Crippen molar-refractivity contribution in [2.24, 2.45) is 5.73 Å². The molecule has 0 fully saturated rings. The fourth-order valence-electron chi connectivity index (χ4n) is 3.14. The summed E-state index contributed by atoms with van der Waals surface area (Å²) in [5, 5.41) is 6.66. The molecule has 1 aromatic carbocycles. The van der Waals surface area contributed by atoms with E-state index in [1.807, 2.05) is 0 Å². The van der Waals surface area contributed by atoms with Gasteiger partial charge in [-0.3, -0.25) is 4.79 Å². The molecular weight excluding hydrogens is 515 g/mol. The van der Waals surface area contributed by atoms with Crippen LogP contribution in [0.25, 0.3) is 16.7 Å². The number of sulfone groups is 1. The largest absolute Gasteiger partial charge is 0.501 e. The number of aromatic nitrogens is 7. The lowest BCUT2D eigenvalue weighted by Gasteiger charge is -2.17. The molecule has 0 bridgehead atoms. The quantitative estimate of drug-likeness (QED) is 0.378. The molecule has 0 saturated carbocycles. The maximum Gasteiger partial charge on any atom is 0.501 e. The molecule has 3 N–H and O–H groups in total. The number of nitrogens with one attached hydrogen (secondary N) is 1. The predicted molar refractivity (Wildman–Crippen MR) is 115 cm³/mol. The average Bonchev–Trinajstić information content (AvgIpc) is 3.28. The van der Waals surface area contributed by atoms with Gasteiger partial charge in [-0.25, -0.2) is 33.3 Å². The Morgan fingerprint density at radius 2 is 1.80 bits per heavy atom. The van der Waals surface area contributed by atoms with Crippen molar-refractivity contribution in [2.45, 2.75) is 23.4 Å². The second-order valence-electron chi connectivity index (χ2n) is 6.99. The van der Waals surface area contributed by atoms with Crippen LogP contribution in [0.4, 0.5) is 19.0 Å². The summed E-state index contributed by atoms with van der Waals surface area (Å²) >= 11 is 5.94. The second-order valence-corrected chi connectivity index (χ2v) is 9.34. The van der Waals surface area contributed by atoms with Gasteiger partial charge in [0.2, 0.25) is 0 Å². The number of fused-ring (bicyclic) bond motifs is 1. The number of hydrogen-bond donors (Lipinski definition) is 2. The minimum Gasteiger partial charge on any atom is -0.364 e. The summed E-state index contributed by atoms with van der Waals surface area (Å²) in [6.45, 7) is 1.63. The van der Waals surface area contributed by atoms with Crippen LogP contribution in [0.5, 0.6) is 0 Å². The molecule has 1 atom stereocenters. The number of nitrogens with two attached hydrogens (primary N) is 1. The van der Waals surface area contributed by atoms with Gasteiger partial charge in [0.15, 0.2) is 11.6 Å². The Balaban J connectivity index is 1.77. The first kappa shape index (κ1) is 24.2. The van der Waals surface area contributed by atoms with Gasteiger partial charge in [-0.05, 0) is 19.1 Å². The average molecular weight is 528 g/mol. The summed E-state index contributed by atoms with van der Waals surface area (Å²) in [6.07, 6.45) is 3.24. The van der Waals surface area contributed by atoms with Crippen molar-refractivity contribution in [3.05, 3.63) is 53.7 Å². The monoisotopic (exact) mass is 527 g/mol. The minimum atomic E-state index is -5.75. The Labute approximate surface area is 199 Å². The van der Waals surface area contributed by atoms with E-state index in [1.54, 1.807) is 6.92 Å². The molecule has 1 amide bonds. The lowest BCUT2D eigenvalue weighted by molar-refractivity contribution is -0.0435. The first-order chi connectivity index (χ1) is 16.4. The molecule has 35 heavy (non-hydrogen) atoms. The topological polar surface area (TPSA) is 172 Å². The summed E-state index contributed by atoms with van der Waals surface area (Å²) in [6, 6.07) is 2.50. The number of amides is 1. The van der Waals surface area contributed by atoms with Crippen molar-refractivity contribution in [1.82, 2.24) is 34.7 Å². The van der Waals surface area contributed by atoms with E-state index in [9.17, 15) is 26.4 Å². The van der Waals surface area contributed by atoms with Crippen molar-refractivity contribution in [1.29, 1.82) is 0 Å². The first-order valence-electron chi connectivity index (χ1n) is 9.44. The van der Waals surface area contributed by atoms with Gasteiger partial charge in [-0.2, -0.15) is 23.0 Å². The Morgan fingerprint density at radius 1 is 1.09 bits per heavy atom. The van der Waals surface area contributed by atoms with E-state index in [2.05, 4.69) is 35.3 Å². The summed E-state index contributed by atoms with van der Waals surface area (Å²) in [7, 11) is -5.75. The summed E-state index contributed by atoms with van der Waals surface area (Å²) in [4.78, 5) is 30.0. The normalized spacial score (nSPS) is 13.1. The van der Waals surface area contributed by atoms with E-state index in [0.717, 1.165) is 12.7 Å². The summed E-state index contributed by atoms with van der Waals surface area (Å²) < 4.78 is 65.1. The number of primary amides is 1. The van der Waals surface area contributed by atoms with Crippen molar-refractivity contribution in [3.8, 4) is 5.82 Å². The third-order valence-electron chi connectivity index (χ3n) is 4.70. The van der Waals surface area contributed by atoms with Gasteiger partial charge in [0.1, 0.15) is 35.4 Å². The van der Waals surface area contributed by atoms with Crippen LogP contribution in [-0.2, 0) is 9.84 Å². The van der Waals surface area contributed by atoms with Crippen LogP contribution < -0.4 is 11.1 Å². The molecule has 4 rings (SSSR count). The maximum atomic E-state index is 13.2. The third kappa shape index (κ3) is 4.44. The number of hydrogen-bond acceptors (Lipinski definition) is 10. The van der Waals surface area contributed by atoms with E-state index in [-0.39, 0.29) is 33.6 Å². The zero-order chi connectivity index (χ0) is 25.5. The van der Waals surface area contributed by atoms with Crippen molar-refractivity contribution < 1.29 is 26.4 Å². The van der Waals surface area contributed by atoms with E-state index in [1.165, 1.54) is 23.1 Å². The van der Waals surface area contributed by atoms with Crippen LogP contribution in [0.3, 0.4) is 0 Å². The van der Waals surface area contributed by atoms with Gasteiger partial charge >= 0.3 is 5.51 Å². The summed E-state index contributed by atoms with van der Waals surface area (Å²) in [5.74, 6) is -0.366. The highest BCUT2D eigenvalue weighted by Gasteiger charge is 2.48. The molecule has 0 aliphatic heterocycles. The highest BCUT2D eigenvalue weighted by molar-refractivity contribution is 7.92. The smallest absolute Gasteiger partial charge is 0.364 e. The molecule has 0 unspecified atom stereocenters. The highest BCUT2D eigenvalue weighted by Crippen LogP contribution is 2.37. The van der Waals surface area contributed by atoms with Crippen LogP contribution >= 0.6 is 11.6 Å². The van der Waals surface area contributed by atoms with Crippen LogP contribution in [0, 0.1) is 0 Å². The fraction of sp³-hybridized carbons (Fsp3) is 0.167. The van der Waals surface area contributed by atoms with Gasteiger partial charge in [-0.1, -0.05) is 11.6 Å². The maximum absolute atomic E-state index is 13.2. The minimum absolute atomic E-state index is 0.0151. The number of halogens is 4. The molecule has 17 heteroatoms. The predicted octanol–water partition coefficient (Wildman–Crippen LogP) is 2.22. The van der Waals surface area contributed by atoms with Crippen LogP contribution in [0.1, 0.15) is 29.3 Å². The first-order valence-corrected chi connectivity index (χ1v) is 11.3. The molecule has 12 nitrogen and oxygen atoms in total. The van der Waals surface area contributed by atoms with Crippen molar-refractivity contribution >= 4 is 44.1 Å². The molecule has 3 aromatic heterocycles. The van der Waals surface area contributed by atoms with Crippen molar-refractivity contribution in [2.75, 3.05) is 5.32 Å². The standard InChI is InChI=1S/C18H13ClF3N9O3S/c1-8(17-28-7-29-31(17)13-4-11(15(23)32)24-5-25-13)30-16-10-2-9(19)3-12(14(10)26-6-27-16)35(33,34)18(20,21)22/h2-8H,1H3,(H2,23,32)(H,26,27,30)/t8-/m0/s1. The van der Waals surface area contributed by atoms with Crippen LogP contribution in [-0.4, -0.2) is 54.5 Å². The van der Waals surface area contributed by atoms with Gasteiger partial charge in [0.25, 0.3) is 15.7 Å². The molecule has 4 aromatic rings. The number of carbonyl (C=O) groups excluding carboxylic acids is 1. The Hall–Kier alpha value is -3.92. The number of anilines is 1. The van der Waals surface area contributed by atoms with E-state index in [0.29, 0.717) is 6.07 Å². The highest BCUT2D eigenvalue weighted by atomic mass is 35.5. The molecular formula is C18H13ClF3N9O3S. The van der Waals surface area contributed by atoms with Gasteiger partial charge < -0.3 is 11.1 Å². The fourth-order valence-corrected chi connectivity index (χ4v) is 4.37. The molecule has 0 saturated heterocycles. The van der Waals surface area contributed by atoms with Gasteiger partial charge in [-0.15, -0.1) is 0 Å². The Bertz CT molecular complexity index is 1560. The van der Waals surface area contributed by atoms with Crippen LogP contribution in [0.15, 0.2) is 42.1 Å². The number of carbonyl (C=O) groups is 1. The Kier molecular flexibility index (Phi) is 6.02. The lowest BCUT2D eigenvalue weighted by atomic mass is 10.2. The molecule has 0 spiro atoms. The van der Waals surface area contributed by atoms with Crippen LogP contribution in [0.2, 0.25) is 5.02 Å². The number of alkyl halides is 3. The number of benzene rings is 1. The zero-order valence-corrected chi connectivity index (χ0v) is 19.0. The summed E-state index contributed by atoms with van der Waals surface area (Å²) in [5.41, 5.74) is -0.851. The lowest BCUT2D eigenvalue weighted by Crippen LogP contribution is -2.24. The molecule has 0 aliphatic rings. The second kappa shape index (κ2) is 8.70. The van der Waals surface area contributed by atoms with Gasteiger partial charge in [0.05, 0.1) is 11.6 Å². The van der Waals surface area contributed by atoms with E-state index < -0.39 is 37.7 Å². The Morgan fingerprint density at radius 3 is 2.49 bits per heavy atom. The SMILES string of the molecule is C[C@H](Nc1ncnc2c(S(=O)(=O)C(F)(F)F)cc(Cl)cc12)c1ncnn1-c1cc(C(N)=O)ncn1. The molecule has 3 heterocycles. The third-order valence-corrected chi connectivity index (χ3v) is 6.42. The number of nitrogens with zero attached hydrogens (tertiary/aromatic N) is 7. The van der Waals surface area contributed by atoms with E-state index in [4.69, 9.17) is 17.3 Å². The molecule has 182 valence electrons. The number of rotatable bonds is 6. The zero-order valence-electron chi connectivity index (χ0n) is 17.4. The van der Waals surface area contributed by atoms with Gasteiger partial charge in [0, 0.05) is 16.5 Å². The van der Waals surface area contributed by atoms with Crippen molar-refractivity contribution in [3.63, 3.8) is 0 Å². The molecule has 0 aliphatic carbocycles. The van der Waals surface area contributed by atoms with E-state index >= 15 is 0 Å².